The summed E-state index contributed by atoms with van der Waals surface area (Å²) in [5, 5.41) is 5.72. The fourth-order valence-electron chi connectivity index (χ4n) is 1.87. The molecule has 2 rings (SSSR count). The molecule has 0 aromatic heterocycles. The van der Waals surface area contributed by atoms with Gasteiger partial charge >= 0.3 is 0 Å². The molecular weight excluding hydrogens is 180 g/mol. The quantitative estimate of drug-likeness (QED) is 0.676. The summed E-state index contributed by atoms with van der Waals surface area (Å²) in [6, 6.07) is 0.159. The van der Waals surface area contributed by atoms with E-state index in [-0.39, 0.29) is 23.8 Å². The SMILES string of the molecule is O=C1CCC(CNC(=O)C2CCC2)N1. The van der Waals surface area contributed by atoms with E-state index in [0.717, 1.165) is 19.3 Å². The standard InChI is InChI=1S/C10H16N2O2/c13-9-5-4-8(12-9)6-11-10(14)7-2-1-3-7/h7-8H,1-6H2,(H,11,14)(H,12,13). The Balaban J connectivity index is 1.66. The van der Waals surface area contributed by atoms with Gasteiger partial charge in [0.1, 0.15) is 0 Å². The number of carbonyl (C=O) groups excluding carboxylic acids is 2. The molecule has 14 heavy (non-hydrogen) atoms. The molecule has 1 saturated carbocycles. The van der Waals surface area contributed by atoms with Crippen LogP contribution in [0.15, 0.2) is 0 Å². The highest BCUT2D eigenvalue weighted by atomic mass is 16.2. The molecule has 1 heterocycles. The Morgan fingerprint density at radius 2 is 2.21 bits per heavy atom. The summed E-state index contributed by atoms with van der Waals surface area (Å²) in [5.74, 6) is 0.511. The average molecular weight is 196 g/mol. The van der Waals surface area contributed by atoms with Gasteiger partial charge in [-0.25, -0.2) is 0 Å². The van der Waals surface area contributed by atoms with E-state index in [2.05, 4.69) is 10.6 Å². The van der Waals surface area contributed by atoms with Crippen molar-refractivity contribution in [2.24, 2.45) is 5.92 Å². The van der Waals surface area contributed by atoms with Crippen molar-refractivity contribution in [3.05, 3.63) is 0 Å². The monoisotopic (exact) mass is 196 g/mol. The molecule has 0 spiro atoms. The highest BCUT2D eigenvalue weighted by molar-refractivity contribution is 5.80. The summed E-state index contributed by atoms with van der Waals surface area (Å²) < 4.78 is 0. The molecule has 2 N–H and O–H groups in total. The summed E-state index contributed by atoms with van der Waals surface area (Å²) in [6.45, 7) is 0.598. The van der Waals surface area contributed by atoms with Gasteiger partial charge in [0.2, 0.25) is 11.8 Å². The van der Waals surface area contributed by atoms with Crippen molar-refractivity contribution >= 4 is 11.8 Å². The smallest absolute Gasteiger partial charge is 0.223 e. The van der Waals surface area contributed by atoms with Gasteiger partial charge in [0, 0.05) is 24.9 Å². The predicted octanol–water partition coefficient (Wildman–Crippen LogP) is 0.181. The summed E-state index contributed by atoms with van der Waals surface area (Å²) in [6.07, 6.45) is 4.69. The Morgan fingerprint density at radius 3 is 2.71 bits per heavy atom. The van der Waals surface area contributed by atoms with Crippen molar-refractivity contribution < 1.29 is 9.59 Å². The van der Waals surface area contributed by atoms with Crippen LogP contribution >= 0.6 is 0 Å². The number of rotatable bonds is 3. The van der Waals surface area contributed by atoms with E-state index in [4.69, 9.17) is 0 Å². The Kier molecular flexibility index (Phi) is 2.70. The molecule has 2 amide bonds. The van der Waals surface area contributed by atoms with Crippen LogP contribution in [0.2, 0.25) is 0 Å². The molecule has 0 bridgehead atoms. The normalized spacial score (nSPS) is 26.9. The van der Waals surface area contributed by atoms with Crippen LogP contribution in [0.5, 0.6) is 0 Å². The van der Waals surface area contributed by atoms with Gasteiger partial charge in [0.25, 0.3) is 0 Å². The third-order valence-corrected chi connectivity index (χ3v) is 3.08. The molecule has 1 aliphatic carbocycles. The van der Waals surface area contributed by atoms with Crippen LogP contribution < -0.4 is 10.6 Å². The van der Waals surface area contributed by atoms with Crippen LogP contribution in [0.4, 0.5) is 0 Å². The molecule has 4 heteroatoms. The zero-order valence-electron chi connectivity index (χ0n) is 8.21. The zero-order valence-corrected chi connectivity index (χ0v) is 8.21. The minimum atomic E-state index is 0.105. The summed E-state index contributed by atoms with van der Waals surface area (Å²) >= 11 is 0. The van der Waals surface area contributed by atoms with E-state index in [0.29, 0.717) is 13.0 Å². The Labute approximate surface area is 83.4 Å². The zero-order chi connectivity index (χ0) is 9.97. The lowest BCUT2D eigenvalue weighted by Gasteiger charge is -2.24. The van der Waals surface area contributed by atoms with E-state index in [1.165, 1.54) is 6.42 Å². The fraction of sp³-hybridized carbons (Fsp3) is 0.800. The Hall–Kier alpha value is -1.06. The lowest BCUT2D eigenvalue weighted by atomic mass is 9.85. The van der Waals surface area contributed by atoms with Crippen molar-refractivity contribution in [2.45, 2.75) is 38.1 Å². The van der Waals surface area contributed by atoms with E-state index in [1.807, 2.05) is 0 Å². The maximum atomic E-state index is 11.4. The second kappa shape index (κ2) is 3.98. The van der Waals surface area contributed by atoms with Gasteiger partial charge in [-0.1, -0.05) is 6.42 Å². The third kappa shape index (κ3) is 2.05. The van der Waals surface area contributed by atoms with Crippen molar-refractivity contribution in [3.8, 4) is 0 Å². The van der Waals surface area contributed by atoms with Gasteiger partial charge in [0.15, 0.2) is 0 Å². The molecule has 2 aliphatic rings. The molecular formula is C10H16N2O2. The molecule has 0 aromatic rings. The van der Waals surface area contributed by atoms with E-state index in [1.54, 1.807) is 0 Å². The van der Waals surface area contributed by atoms with Crippen molar-refractivity contribution in [2.75, 3.05) is 6.54 Å². The third-order valence-electron chi connectivity index (χ3n) is 3.08. The first-order valence-electron chi connectivity index (χ1n) is 5.33. The van der Waals surface area contributed by atoms with Gasteiger partial charge in [-0.05, 0) is 19.3 Å². The van der Waals surface area contributed by atoms with Crippen LogP contribution in [0.3, 0.4) is 0 Å². The number of hydrogen-bond acceptors (Lipinski definition) is 2. The second-order valence-electron chi connectivity index (χ2n) is 4.18. The lowest BCUT2D eigenvalue weighted by Crippen LogP contribution is -2.42. The number of carbonyl (C=O) groups is 2. The first-order chi connectivity index (χ1) is 6.75. The molecule has 2 fully saturated rings. The molecule has 1 aliphatic heterocycles. The number of amides is 2. The minimum absolute atomic E-state index is 0.105. The molecule has 0 radical (unpaired) electrons. The summed E-state index contributed by atoms with van der Waals surface area (Å²) in [5.41, 5.74) is 0. The predicted molar refractivity (Wildman–Crippen MR) is 51.5 cm³/mol. The summed E-state index contributed by atoms with van der Waals surface area (Å²) in [7, 11) is 0. The van der Waals surface area contributed by atoms with Gasteiger partial charge in [-0.2, -0.15) is 0 Å². The van der Waals surface area contributed by atoms with Crippen LogP contribution in [0.25, 0.3) is 0 Å². The highest BCUT2D eigenvalue weighted by Gasteiger charge is 2.26. The van der Waals surface area contributed by atoms with Crippen molar-refractivity contribution in [1.82, 2.24) is 10.6 Å². The van der Waals surface area contributed by atoms with Gasteiger partial charge in [-0.15, -0.1) is 0 Å². The Morgan fingerprint density at radius 1 is 1.43 bits per heavy atom. The molecule has 78 valence electrons. The topological polar surface area (TPSA) is 58.2 Å². The van der Waals surface area contributed by atoms with Crippen molar-refractivity contribution in [3.63, 3.8) is 0 Å². The second-order valence-corrected chi connectivity index (χ2v) is 4.18. The van der Waals surface area contributed by atoms with E-state index >= 15 is 0 Å². The molecule has 0 aromatic carbocycles. The maximum Gasteiger partial charge on any atom is 0.223 e. The van der Waals surface area contributed by atoms with E-state index < -0.39 is 0 Å². The lowest BCUT2D eigenvalue weighted by molar-refractivity contribution is -0.127. The van der Waals surface area contributed by atoms with Gasteiger partial charge < -0.3 is 10.6 Å². The first kappa shape index (κ1) is 9.49. The van der Waals surface area contributed by atoms with Crippen LogP contribution in [-0.4, -0.2) is 24.4 Å². The van der Waals surface area contributed by atoms with Crippen LogP contribution in [-0.2, 0) is 9.59 Å². The molecule has 1 atom stereocenters. The summed E-state index contributed by atoms with van der Waals surface area (Å²) in [4.78, 5) is 22.3. The van der Waals surface area contributed by atoms with E-state index in [9.17, 15) is 9.59 Å². The highest BCUT2D eigenvalue weighted by Crippen LogP contribution is 2.26. The molecule has 4 nitrogen and oxygen atoms in total. The Bertz CT molecular complexity index is 249. The van der Waals surface area contributed by atoms with Crippen LogP contribution in [0, 0.1) is 5.92 Å². The number of hydrogen-bond donors (Lipinski definition) is 2. The molecule has 1 unspecified atom stereocenters. The van der Waals surface area contributed by atoms with Crippen molar-refractivity contribution in [1.29, 1.82) is 0 Å². The fourth-order valence-corrected chi connectivity index (χ4v) is 1.87. The first-order valence-corrected chi connectivity index (χ1v) is 5.33. The largest absolute Gasteiger partial charge is 0.354 e. The average Bonchev–Trinajstić information content (AvgIpc) is 2.45. The number of nitrogens with one attached hydrogen (secondary N) is 2. The van der Waals surface area contributed by atoms with Crippen LogP contribution in [0.1, 0.15) is 32.1 Å². The van der Waals surface area contributed by atoms with Gasteiger partial charge in [0.05, 0.1) is 0 Å². The molecule has 1 saturated heterocycles. The maximum absolute atomic E-state index is 11.4. The minimum Gasteiger partial charge on any atom is -0.354 e. The van der Waals surface area contributed by atoms with Gasteiger partial charge in [-0.3, -0.25) is 9.59 Å².